The van der Waals surface area contributed by atoms with E-state index in [9.17, 15) is 4.79 Å². The fraction of sp³-hybridized carbons (Fsp3) is 0.188. The van der Waals surface area contributed by atoms with Crippen LogP contribution in [0.1, 0.15) is 5.56 Å². The lowest BCUT2D eigenvalue weighted by molar-refractivity contribution is -0.139. The molecular weight excluding hydrogens is 300 g/mol. The zero-order valence-corrected chi connectivity index (χ0v) is 13.0. The van der Waals surface area contributed by atoms with Gasteiger partial charge >= 0.3 is 5.97 Å². The van der Waals surface area contributed by atoms with E-state index in [0.717, 1.165) is 28.1 Å². The molecule has 0 saturated carbocycles. The topological polar surface area (TPSA) is 84.6 Å². The molecule has 0 spiro atoms. The second-order valence-electron chi connectivity index (χ2n) is 4.69. The Morgan fingerprint density at radius 1 is 1.32 bits per heavy atom. The first-order chi connectivity index (χ1) is 10.6. The van der Waals surface area contributed by atoms with E-state index in [1.54, 1.807) is 6.07 Å². The van der Waals surface area contributed by atoms with Crippen molar-refractivity contribution in [3.8, 4) is 16.9 Å². The fourth-order valence-electron chi connectivity index (χ4n) is 2.12. The van der Waals surface area contributed by atoms with E-state index in [0.29, 0.717) is 5.75 Å². The van der Waals surface area contributed by atoms with Gasteiger partial charge in [0.05, 0.1) is 0 Å². The summed E-state index contributed by atoms with van der Waals surface area (Å²) in [4.78, 5) is 11.7. The highest BCUT2D eigenvalue weighted by atomic mass is 32.2. The van der Waals surface area contributed by atoms with Crippen LogP contribution in [-0.4, -0.2) is 24.7 Å². The molecule has 0 bridgehead atoms. The maximum atomic E-state index is 10.7. The van der Waals surface area contributed by atoms with Gasteiger partial charge < -0.3 is 15.2 Å². The Morgan fingerprint density at radius 2 is 2.14 bits per heavy atom. The average molecular weight is 318 g/mol. The van der Waals surface area contributed by atoms with Gasteiger partial charge in [0, 0.05) is 17.0 Å². The maximum Gasteiger partial charge on any atom is 0.341 e. The molecule has 0 aliphatic carbocycles. The normalized spacial score (nSPS) is 10.5. The maximum absolute atomic E-state index is 10.7. The SMILES string of the molecule is CNCc1ccc(OCC(=O)O)c(-c2cccc(SN)c2)c1. The Labute approximate surface area is 133 Å². The molecule has 4 N–H and O–H groups in total. The monoisotopic (exact) mass is 318 g/mol. The van der Waals surface area contributed by atoms with Gasteiger partial charge in [-0.2, -0.15) is 0 Å². The van der Waals surface area contributed by atoms with Crippen LogP contribution in [-0.2, 0) is 11.3 Å². The van der Waals surface area contributed by atoms with E-state index in [1.165, 1.54) is 11.9 Å². The molecule has 0 amide bonds. The van der Waals surface area contributed by atoms with E-state index in [2.05, 4.69) is 5.32 Å². The minimum absolute atomic E-state index is 0.371. The van der Waals surface area contributed by atoms with Gasteiger partial charge in [0.2, 0.25) is 0 Å². The molecule has 0 aliphatic rings. The minimum atomic E-state index is -1.00. The molecule has 0 aromatic heterocycles. The van der Waals surface area contributed by atoms with Gasteiger partial charge in [-0.05, 0) is 54.4 Å². The molecule has 116 valence electrons. The number of benzene rings is 2. The zero-order valence-electron chi connectivity index (χ0n) is 12.2. The summed E-state index contributed by atoms with van der Waals surface area (Å²) < 4.78 is 5.40. The summed E-state index contributed by atoms with van der Waals surface area (Å²) in [6, 6.07) is 13.4. The molecule has 6 heteroatoms. The van der Waals surface area contributed by atoms with Gasteiger partial charge in [-0.1, -0.05) is 18.2 Å². The number of carboxylic acid groups (broad SMARTS) is 1. The molecule has 2 aromatic carbocycles. The summed E-state index contributed by atoms with van der Waals surface area (Å²) in [5, 5.41) is 17.5. The average Bonchev–Trinajstić information content (AvgIpc) is 2.53. The van der Waals surface area contributed by atoms with Crippen molar-refractivity contribution in [3.63, 3.8) is 0 Å². The van der Waals surface area contributed by atoms with Crippen LogP contribution in [0, 0.1) is 0 Å². The molecule has 0 aliphatic heterocycles. The van der Waals surface area contributed by atoms with Crippen LogP contribution in [0.3, 0.4) is 0 Å². The summed E-state index contributed by atoms with van der Waals surface area (Å²) in [7, 11) is 1.88. The highest BCUT2D eigenvalue weighted by molar-refractivity contribution is 7.97. The van der Waals surface area contributed by atoms with Crippen molar-refractivity contribution in [3.05, 3.63) is 48.0 Å². The van der Waals surface area contributed by atoms with Crippen molar-refractivity contribution in [2.45, 2.75) is 11.4 Å². The number of hydrogen-bond donors (Lipinski definition) is 3. The molecule has 0 atom stereocenters. The van der Waals surface area contributed by atoms with Crippen LogP contribution in [0.5, 0.6) is 5.75 Å². The first-order valence-electron chi connectivity index (χ1n) is 6.73. The Morgan fingerprint density at radius 3 is 2.82 bits per heavy atom. The molecule has 0 fully saturated rings. The molecule has 0 unspecified atom stereocenters. The molecule has 22 heavy (non-hydrogen) atoms. The number of aliphatic carboxylic acids is 1. The highest BCUT2D eigenvalue weighted by Crippen LogP contribution is 2.32. The Bertz CT molecular complexity index is 662. The minimum Gasteiger partial charge on any atom is -0.481 e. The lowest BCUT2D eigenvalue weighted by atomic mass is 10.0. The zero-order chi connectivity index (χ0) is 15.9. The van der Waals surface area contributed by atoms with Crippen LogP contribution in [0.2, 0.25) is 0 Å². The van der Waals surface area contributed by atoms with Crippen LogP contribution in [0.4, 0.5) is 0 Å². The van der Waals surface area contributed by atoms with Crippen LogP contribution in [0.25, 0.3) is 11.1 Å². The lowest BCUT2D eigenvalue weighted by Gasteiger charge is -2.13. The number of nitrogens with two attached hydrogens (primary N) is 1. The van der Waals surface area contributed by atoms with Crippen molar-refractivity contribution < 1.29 is 14.6 Å². The summed E-state index contributed by atoms with van der Waals surface area (Å²) in [6.45, 7) is 0.348. The standard InChI is InChI=1S/C16H18N2O3S/c1-18-9-11-5-6-15(21-10-16(19)20)14(7-11)12-3-2-4-13(8-12)22-17/h2-8,18H,9-10,17H2,1H3,(H,19,20). The van der Waals surface area contributed by atoms with Crippen LogP contribution in [0.15, 0.2) is 47.4 Å². The third-order valence-electron chi connectivity index (χ3n) is 3.06. The Hall–Kier alpha value is -2.02. The van der Waals surface area contributed by atoms with Crippen LogP contribution < -0.4 is 15.2 Å². The van der Waals surface area contributed by atoms with Gasteiger partial charge in [-0.3, -0.25) is 5.14 Å². The molecule has 0 saturated heterocycles. The quantitative estimate of drug-likeness (QED) is 0.680. The van der Waals surface area contributed by atoms with E-state index in [4.69, 9.17) is 15.0 Å². The van der Waals surface area contributed by atoms with E-state index < -0.39 is 5.97 Å². The van der Waals surface area contributed by atoms with Crippen molar-refractivity contribution >= 4 is 17.9 Å². The van der Waals surface area contributed by atoms with Crippen molar-refractivity contribution in [2.24, 2.45) is 5.14 Å². The van der Waals surface area contributed by atoms with E-state index in [-0.39, 0.29) is 6.61 Å². The highest BCUT2D eigenvalue weighted by Gasteiger charge is 2.10. The van der Waals surface area contributed by atoms with Crippen LogP contribution >= 0.6 is 11.9 Å². The smallest absolute Gasteiger partial charge is 0.341 e. The predicted octanol–water partition coefficient (Wildman–Crippen LogP) is 2.50. The van der Waals surface area contributed by atoms with Gasteiger partial charge in [-0.25, -0.2) is 4.79 Å². The van der Waals surface area contributed by atoms with Crippen molar-refractivity contribution in [1.82, 2.24) is 5.32 Å². The molecule has 5 nitrogen and oxygen atoms in total. The van der Waals surface area contributed by atoms with E-state index >= 15 is 0 Å². The largest absolute Gasteiger partial charge is 0.481 e. The van der Waals surface area contributed by atoms with E-state index in [1.807, 2.05) is 43.4 Å². The molecule has 2 aromatic rings. The summed E-state index contributed by atoms with van der Waals surface area (Å²) in [5.74, 6) is -0.460. The lowest BCUT2D eigenvalue weighted by Crippen LogP contribution is -2.10. The summed E-state index contributed by atoms with van der Waals surface area (Å²) in [6.07, 6.45) is 0. The van der Waals surface area contributed by atoms with Crippen molar-refractivity contribution in [2.75, 3.05) is 13.7 Å². The second kappa shape index (κ2) is 7.84. The molecular formula is C16H18N2O3S. The number of hydrogen-bond acceptors (Lipinski definition) is 5. The molecule has 0 radical (unpaired) electrons. The fourth-order valence-corrected chi connectivity index (χ4v) is 2.47. The second-order valence-corrected chi connectivity index (χ2v) is 5.40. The Kier molecular flexibility index (Phi) is 5.83. The summed E-state index contributed by atoms with van der Waals surface area (Å²) in [5.41, 5.74) is 2.88. The third kappa shape index (κ3) is 4.24. The number of carbonyl (C=O) groups is 1. The van der Waals surface area contributed by atoms with Gasteiger partial charge in [-0.15, -0.1) is 0 Å². The summed E-state index contributed by atoms with van der Waals surface area (Å²) >= 11 is 1.17. The van der Waals surface area contributed by atoms with Gasteiger partial charge in [0.1, 0.15) is 5.75 Å². The third-order valence-corrected chi connectivity index (χ3v) is 3.58. The molecule has 2 rings (SSSR count). The van der Waals surface area contributed by atoms with Crippen molar-refractivity contribution in [1.29, 1.82) is 0 Å². The number of carboxylic acids is 1. The first-order valence-corrected chi connectivity index (χ1v) is 7.61. The first kappa shape index (κ1) is 16.4. The Balaban J connectivity index is 2.43. The molecule has 0 heterocycles. The van der Waals surface area contributed by atoms with Gasteiger partial charge in [0.15, 0.2) is 6.61 Å². The predicted molar refractivity (Wildman–Crippen MR) is 87.8 cm³/mol. The van der Waals surface area contributed by atoms with Gasteiger partial charge in [0.25, 0.3) is 0 Å². The number of rotatable bonds is 7. The number of nitrogens with one attached hydrogen (secondary N) is 1. The number of ether oxygens (including phenoxy) is 1.